The number of likely N-dealkylation sites (tertiary alicyclic amines) is 1. The Morgan fingerprint density at radius 2 is 1.79 bits per heavy atom. The van der Waals surface area contributed by atoms with Crippen LogP contribution in [0.5, 0.6) is 0 Å². The van der Waals surface area contributed by atoms with Crippen LogP contribution in [-0.4, -0.2) is 79.9 Å². The Kier molecular flexibility index (Phi) is 10.3. The lowest BCUT2D eigenvalue weighted by atomic mass is 9.81. The van der Waals surface area contributed by atoms with Gasteiger partial charge in [0.2, 0.25) is 0 Å². The Morgan fingerprint density at radius 1 is 1.15 bits per heavy atom. The highest BCUT2D eigenvalue weighted by atomic mass is 16.4. The van der Waals surface area contributed by atoms with E-state index >= 15 is 0 Å². The normalized spacial score (nSPS) is 20.0. The number of carbonyl (C=O) groups is 3. The van der Waals surface area contributed by atoms with Gasteiger partial charge in [-0.25, -0.2) is 9.59 Å². The Bertz CT molecular complexity index is 986. The average Bonchev–Trinajstić information content (AvgIpc) is 2.86. The first-order chi connectivity index (χ1) is 16.2. The number of aromatic nitrogens is 1. The summed E-state index contributed by atoms with van der Waals surface area (Å²) in [7, 11) is 0. The van der Waals surface area contributed by atoms with E-state index in [0.717, 1.165) is 48.9 Å². The van der Waals surface area contributed by atoms with E-state index in [2.05, 4.69) is 29.5 Å². The number of hydrogen-bond acceptors (Lipinski definition) is 7. The molecule has 0 radical (unpaired) electrons. The fourth-order valence-corrected chi connectivity index (χ4v) is 4.07. The van der Waals surface area contributed by atoms with Crippen molar-refractivity contribution in [3.8, 4) is 0 Å². The molecule has 34 heavy (non-hydrogen) atoms. The van der Waals surface area contributed by atoms with Crippen LogP contribution in [0.15, 0.2) is 49.2 Å². The largest absolute Gasteiger partial charge is 0.479 e. The Hall–Kier alpha value is -3.14. The minimum Gasteiger partial charge on any atom is -0.479 e. The quantitative estimate of drug-likeness (QED) is 0.318. The number of aliphatic hydroxyl groups is 2. The number of fused-ring (bicyclic) bond motifs is 1. The molecular weight excluding hydrogens is 440 g/mol. The van der Waals surface area contributed by atoms with Gasteiger partial charge in [0, 0.05) is 30.1 Å². The number of benzene rings is 1. The standard InChI is InChI=1S/C21H26N2O.C4H6O6/c1-3-16-15-23(4-2)14-12-17(16)9-10-21(24)19-11-13-22-20-8-6-5-7-18(19)20;5-1(3(7)8)2(6)4(9)10/h3,5-8,11,13,16-17H,1,4,9-10,12,14-15H2,2H3;1-2,5-6H,(H,7,8)(H,9,10)/t16-,17+;/m0./s1. The number of para-hydroxylation sites is 1. The second-order valence-electron chi connectivity index (χ2n) is 8.25. The molecule has 3 rings (SSSR count). The summed E-state index contributed by atoms with van der Waals surface area (Å²) in [6.07, 6.45) is 2.00. The maximum atomic E-state index is 12.8. The first-order valence-corrected chi connectivity index (χ1v) is 11.2. The van der Waals surface area contributed by atoms with Crippen molar-refractivity contribution in [3.05, 3.63) is 54.7 Å². The maximum absolute atomic E-state index is 12.8. The van der Waals surface area contributed by atoms with E-state index in [1.54, 1.807) is 6.20 Å². The molecule has 1 fully saturated rings. The summed E-state index contributed by atoms with van der Waals surface area (Å²) in [6, 6.07) is 9.73. The molecule has 4 N–H and O–H groups in total. The van der Waals surface area contributed by atoms with Crippen LogP contribution in [0.25, 0.3) is 10.9 Å². The molecule has 0 spiro atoms. The number of pyridine rings is 1. The van der Waals surface area contributed by atoms with Gasteiger partial charge < -0.3 is 25.3 Å². The lowest BCUT2D eigenvalue weighted by Crippen LogP contribution is -2.39. The van der Waals surface area contributed by atoms with Crippen LogP contribution in [0.2, 0.25) is 0 Å². The fraction of sp³-hybridized carbons (Fsp3) is 0.440. The Morgan fingerprint density at radius 3 is 2.38 bits per heavy atom. The molecule has 9 nitrogen and oxygen atoms in total. The van der Waals surface area contributed by atoms with Gasteiger partial charge in [0.25, 0.3) is 0 Å². The first-order valence-electron chi connectivity index (χ1n) is 11.2. The molecule has 0 amide bonds. The van der Waals surface area contributed by atoms with Crippen molar-refractivity contribution in [2.24, 2.45) is 11.8 Å². The predicted octanol–water partition coefficient (Wildman–Crippen LogP) is 2.22. The van der Waals surface area contributed by atoms with Crippen molar-refractivity contribution in [2.45, 2.75) is 38.4 Å². The number of carbonyl (C=O) groups excluding carboxylic acids is 1. The molecule has 0 aliphatic carbocycles. The molecule has 4 atom stereocenters. The van der Waals surface area contributed by atoms with Crippen LogP contribution >= 0.6 is 0 Å². The van der Waals surface area contributed by atoms with Gasteiger partial charge in [0.05, 0.1) is 5.52 Å². The number of piperidine rings is 1. The zero-order chi connectivity index (χ0) is 25.3. The van der Waals surface area contributed by atoms with Crippen LogP contribution in [0.3, 0.4) is 0 Å². The molecule has 1 saturated heterocycles. The highest BCUT2D eigenvalue weighted by molar-refractivity contribution is 6.07. The van der Waals surface area contributed by atoms with Crippen LogP contribution in [0.1, 0.15) is 36.5 Å². The van der Waals surface area contributed by atoms with Gasteiger partial charge in [-0.3, -0.25) is 9.78 Å². The second-order valence-corrected chi connectivity index (χ2v) is 8.25. The number of aliphatic carboxylic acids is 2. The van der Waals surface area contributed by atoms with Crippen LogP contribution in [-0.2, 0) is 9.59 Å². The molecular formula is C25H32N2O7. The monoisotopic (exact) mass is 472 g/mol. The van der Waals surface area contributed by atoms with Crippen molar-refractivity contribution < 1.29 is 34.8 Å². The van der Waals surface area contributed by atoms with E-state index in [9.17, 15) is 14.4 Å². The van der Waals surface area contributed by atoms with Gasteiger partial charge in [-0.15, -0.1) is 6.58 Å². The van der Waals surface area contributed by atoms with Crippen molar-refractivity contribution in [2.75, 3.05) is 19.6 Å². The van der Waals surface area contributed by atoms with Gasteiger partial charge in [-0.2, -0.15) is 0 Å². The molecule has 2 unspecified atom stereocenters. The molecule has 0 saturated carbocycles. The number of hydrogen-bond donors (Lipinski definition) is 4. The van der Waals surface area contributed by atoms with E-state index < -0.39 is 24.1 Å². The number of Topliss-reactive ketones (excluding diaryl/α,β-unsaturated/α-hetero) is 1. The summed E-state index contributed by atoms with van der Waals surface area (Å²) in [4.78, 5) is 39.1. The Balaban J connectivity index is 0.000000347. The average molecular weight is 473 g/mol. The number of ketones is 1. The summed E-state index contributed by atoms with van der Waals surface area (Å²) >= 11 is 0. The summed E-state index contributed by atoms with van der Waals surface area (Å²) < 4.78 is 0. The van der Waals surface area contributed by atoms with Crippen molar-refractivity contribution in [1.29, 1.82) is 0 Å². The van der Waals surface area contributed by atoms with E-state index in [1.807, 2.05) is 30.3 Å². The van der Waals surface area contributed by atoms with Crippen LogP contribution < -0.4 is 0 Å². The van der Waals surface area contributed by atoms with E-state index in [4.69, 9.17) is 20.4 Å². The number of aliphatic hydroxyl groups excluding tert-OH is 2. The lowest BCUT2D eigenvalue weighted by Gasteiger charge is -2.36. The maximum Gasteiger partial charge on any atom is 0.335 e. The number of rotatable bonds is 9. The predicted molar refractivity (Wildman–Crippen MR) is 127 cm³/mol. The topological polar surface area (TPSA) is 148 Å². The lowest BCUT2D eigenvalue weighted by molar-refractivity contribution is -0.165. The summed E-state index contributed by atoms with van der Waals surface area (Å²) in [6.45, 7) is 9.53. The van der Waals surface area contributed by atoms with Crippen molar-refractivity contribution >= 4 is 28.6 Å². The number of nitrogens with zero attached hydrogens (tertiary/aromatic N) is 2. The number of carboxylic acid groups (broad SMARTS) is 2. The van der Waals surface area contributed by atoms with E-state index in [-0.39, 0.29) is 5.78 Å². The van der Waals surface area contributed by atoms with Crippen molar-refractivity contribution in [3.63, 3.8) is 0 Å². The summed E-state index contributed by atoms with van der Waals surface area (Å²) in [5.74, 6) is -2.23. The highest BCUT2D eigenvalue weighted by Gasteiger charge is 2.29. The molecule has 1 aromatic carbocycles. The number of carboxylic acids is 2. The summed E-state index contributed by atoms with van der Waals surface area (Å²) in [5, 5.41) is 33.5. The van der Waals surface area contributed by atoms with Crippen LogP contribution in [0, 0.1) is 11.8 Å². The summed E-state index contributed by atoms with van der Waals surface area (Å²) in [5.41, 5.74) is 1.70. The third kappa shape index (κ3) is 7.18. The molecule has 9 heteroatoms. The fourth-order valence-electron chi connectivity index (χ4n) is 4.07. The molecule has 1 aromatic heterocycles. The van der Waals surface area contributed by atoms with Gasteiger partial charge in [-0.1, -0.05) is 31.2 Å². The van der Waals surface area contributed by atoms with Gasteiger partial charge in [0.1, 0.15) is 0 Å². The zero-order valence-corrected chi connectivity index (χ0v) is 19.2. The SMILES string of the molecule is C=C[C@H]1CN(CC)CC[C@H]1CCC(=O)c1ccnc2ccccc12.O=C(O)C(O)C(O)C(=O)O. The third-order valence-electron chi connectivity index (χ3n) is 6.14. The van der Waals surface area contributed by atoms with E-state index in [1.165, 1.54) is 0 Å². The minimum absolute atomic E-state index is 0.231. The molecule has 2 aromatic rings. The van der Waals surface area contributed by atoms with Gasteiger partial charge >= 0.3 is 11.9 Å². The second kappa shape index (κ2) is 12.9. The molecule has 1 aliphatic heterocycles. The molecule has 0 bridgehead atoms. The minimum atomic E-state index is -2.27. The zero-order valence-electron chi connectivity index (χ0n) is 19.2. The first kappa shape index (κ1) is 27.1. The smallest absolute Gasteiger partial charge is 0.335 e. The van der Waals surface area contributed by atoms with Gasteiger partial charge in [0.15, 0.2) is 18.0 Å². The highest BCUT2D eigenvalue weighted by Crippen LogP contribution is 2.29. The molecule has 1 aliphatic rings. The van der Waals surface area contributed by atoms with Crippen LogP contribution in [0.4, 0.5) is 0 Å². The van der Waals surface area contributed by atoms with E-state index in [0.29, 0.717) is 18.3 Å². The van der Waals surface area contributed by atoms with Gasteiger partial charge in [-0.05, 0) is 49.9 Å². The molecule has 184 valence electrons. The Labute approximate surface area is 198 Å². The van der Waals surface area contributed by atoms with Crippen molar-refractivity contribution in [1.82, 2.24) is 9.88 Å². The third-order valence-corrected chi connectivity index (χ3v) is 6.14. The molecule has 2 heterocycles.